The van der Waals surface area contributed by atoms with Gasteiger partial charge in [0.15, 0.2) is 0 Å². The molecule has 0 aromatic heterocycles. The van der Waals surface area contributed by atoms with Gasteiger partial charge in [0.2, 0.25) is 0 Å². The molecule has 0 aromatic rings. The highest BCUT2D eigenvalue weighted by atomic mass is 16.5. The fourth-order valence-corrected chi connectivity index (χ4v) is 1.42. The first kappa shape index (κ1) is 9.96. The molecule has 0 aliphatic carbocycles. The molecule has 1 aliphatic heterocycles. The molecule has 3 heteroatoms. The minimum atomic E-state index is 0.0389. The van der Waals surface area contributed by atoms with E-state index < -0.39 is 0 Å². The van der Waals surface area contributed by atoms with Gasteiger partial charge in [0.25, 0.3) is 0 Å². The fraction of sp³-hybridized carbons (Fsp3) is 1.00. The molecule has 1 saturated heterocycles. The topological polar surface area (TPSA) is 38.7 Å². The van der Waals surface area contributed by atoms with Gasteiger partial charge in [-0.2, -0.15) is 0 Å². The molecule has 12 heavy (non-hydrogen) atoms. The van der Waals surface area contributed by atoms with Crippen LogP contribution in [0.1, 0.15) is 26.7 Å². The number of ether oxygens (including phenoxy) is 2. The van der Waals surface area contributed by atoms with Crippen molar-refractivity contribution < 1.29 is 14.6 Å². The molecular weight excluding hydrogens is 156 g/mol. The number of aliphatic hydroxyl groups excluding tert-OH is 1. The SMILES string of the molecule is CC(C)O[C@@H]1CC[C@@H](CO)OC1. The summed E-state index contributed by atoms with van der Waals surface area (Å²) in [4.78, 5) is 0. The predicted octanol–water partition coefficient (Wildman–Crippen LogP) is 0.951. The summed E-state index contributed by atoms with van der Waals surface area (Å²) < 4.78 is 10.9. The van der Waals surface area contributed by atoms with E-state index in [4.69, 9.17) is 14.6 Å². The average molecular weight is 174 g/mol. The molecule has 0 unspecified atom stereocenters. The Kier molecular flexibility index (Phi) is 3.98. The Morgan fingerprint density at radius 2 is 2.25 bits per heavy atom. The summed E-state index contributed by atoms with van der Waals surface area (Å²) in [5.74, 6) is 0. The maximum absolute atomic E-state index is 8.79. The molecule has 2 atom stereocenters. The Bertz CT molecular complexity index is 117. The van der Waals surface area contributed by atoms with Crippen LogP contribution in [-0.2, 0) is 9.47 Å². The highest BCUT2D eigenvalue weighted by molar-refractivity contribution is 4.70. The lowest BCUT2D eigenvalue weighted by molar-refractivity contribution is -0.112. The van der Waals surface area contributed by atoms with Crippen LogP contribution >= 0.6 is 0 Å². The molecular formula is C9H18O3. The van der Waals surface area contributed by atoms with Crippen LogP contribution < -0.4 is 0 Å². The van der Waals surface area contributed by atoms with Crippen LogP contribution in [0.15, 0.2) is 0 Å². The molecule has 1 N–H and O–H groups in total. The summed E-state index contributed by atoms with van der Waals surface area (Å²) in [6, 6.07) is 0. The molecule has 1 rings (SSSR count). The van der Waals surface area contributed by atoms with Crippen molar-refractivity contribution in [3.05, 3.63) is 0 Å². The van der Waals surface area contributed by atoms with E-state index in [1.54, 1.807) is 0 Å². The molecule has 0 bridgehead atoms. The Hall–Kier alpha value is -0.120. The molecule has 0 aromatic carbocycles. The smallest absolute Gasteiger partial charge is 0.0813 e. The van der Waals surface area contributed by atoms with E-state index >= 15 is 0 Å². The summed E-state index contributed by atoms with van der Waals surface area (Å²) in [6.07, 6.45) is 2.45. The number of rotatable bonds is 3. The summed E-state index contributed by atoms with van der Waals surface area (Å²) in [7, 11) is 0. The first-order chi connectivity index (χ1) is 5.72. The van der Waals surface area contributed by atoms with E-state index in [9.17, 15) is 0 Å². The number of aliphatic hydroxyl groups is 1. The molecule has 0 radical (unpaired) electrons. The second-order valence-electron chi connectivity index (χ2n) is 3.52. The predicted molar refractivity (Wildman–Crippen MR) is 46.1 cm³/mol. The zero-order valence-electron chi connectivity index (χ0n) is 7.82. The van der Waals surface area contributed by atoms with Gasteiger partial charge < -0.3 is 14.6 Å². The zero-order valence-corrected chi connectivity index (χ0v) is 7.82. The van der Waals surface area contributed by atoms with Gasteiger partial charge in [-0.1, -0.05) is 0 Å². The van der Waals surface area contributed by atoms with Gasteiger partial charge in [-0.3, -0.25) is 0 Å². The Balaban J connectivity index is 2.17. The first-order valence-electron chi connectivity index (χ1n) is 4.60. The maximum Gasteiger partial charge on any atom is 0.0813 e. The lowest BCUT2D eigenvalue weighted by atomic mass is 10.1. The highest BCUT2D eigenvalue weighted by Crippen LogP contribution is 2.16. The van der Waals surface area contributed by atoms with Gasteiger partial charge in [-0.15, -0.1) is 0 Å². The van der Waals surface area contributed by atoms with E-state index in [0.717, 1.165) is 12.8 Å². The van der Waals surface area contributed by atoms with Crippen molar-refractivity contribution in [3.63, 3.8) is 0 Å². The Morgan fingerprint density at radius 1 is 1.50 bits per heavy atom. The van der Waals surface area contributed by atoms with E-state index in [2.05, 4.69) is 0 Å². The maximum atomic E-state index is 8.79. The van der Waals surface area contributed by atoms with Crippen molar-refractivity contribution in [2.45, 2.75) is 45.0 Å². The molecule has 1 fully saturated rings. The van der Waals surface area contributed by atoms with Crippen LogP contribution in [0, 0.1) is 0 Å². The van der Waals surface area contributed by atoms with Gasteiger partial charge in [0.05, 0.1) is 31.5 Å². The van der Waals surface area contributed by atoms with Gasteiger partial charge in [0.1, 0.15) is 0 Å². The number of hydrogen-bond donors (Lipinski definition) is 1. The normalized spacial score (nSPS) is 31.0. The second-order valence-corrected chi connectivity index (χ2v) is 3.52. The van der Waals surface area contributed by atoms with E-state index in [0.29, 0.717) is 6.61 Å². The molecule has 0 spiro atoms. The summed E-state index contributed by atoms with van der Waals surface area (Å²) >= 11 is 0. The monoisotopic (exact) mass is 174 g/mol. The summed E-state index contributed by atoms with van der Waals surface area (Å²) in [5, 5.41) is 8.79. The van der Waals surface area contributed by atoms with Crippen LogP contribution in [0.2, 0.25) is 0 Å². The van der Waals surface area contributed by atoms with Crippen LogP contribution in [0.3, 0.4) is 0 Å². The second kappa shape index (κ2) is 4.80. The van der Waals surface area contributed by atoms with Crippen molar-refractivity contribution in [1.29, 1.82) is 0 Å². The third-order valence-electron chi connectivity index (χ3n) is 2.00. The van der Waals surface area contributed by atoms with Gasteiger partial charge in [-0.25, -0.2) is 0 Å². The van der Waals surface area contributed by atoms with E-state index in [-0.39, 0.29) is 24.9 Å². The lowest BCUT2D eigenvalue weighted by Gasteiger charge is -2.29. The standard InChI is InChI=1S/C9H18O3/c1-7(2)12-9-4-3-8(5-10)11-6-9/h7-10H,3-6H2,1-2H3/t8-,9+/m0/s1. The molecule has 0 amide bonds. The van der Waals surface area contributed by atoms with Crippen molar-refractivity contribution in [2.75, 3.05) is 13.2 Å². The van der Waals surface area contributed by atoms with Crippen molar-refractivity contribution in [1.82, 2.24) is 0 Å². The molecule has 1 heterocycles. The van der Waals surface area contributed by atoms with Crippen LogP contribution in [-0.4, -0.2) is 36.6 Å². The largest absolute Gasteiger partial charge is 0.394 e. The zero-order chi connectivity index (χ0) is 8.97. The molecule has 1 aliphatic rings. The van der Waals surface area contributed by atoms with Crippen LogP contribution in [0.5, 0.6) is 0 Å². The van der Waals surface area contributed by atoms with Gasteiger partial charge in [0, 0.05) is 0 Å². The van der Waals surface area contributed by atoms with Gasteiger partial charge in [-0.05, 0) is 26.7 Å². The van der Waals surface area contributed by atoms with Crippen LogP contribution in [0.25, 0.3) is 0 Å². The van der Waals surface area contributed by atoms with Gasteiger partial charge >= 0.3 is 0 Å². The summed E-state index contributed by atoms with van der Waals surface area (Å²) in [5.41, 5.74) is 0. The van der Waals surface area contributed by atoms with Crippen molar-refractivity contribution in [3.8, 4) is 0 Å². The quantitative estimate of drug-likeness (QED) is 0.692. The van der Waals surface area contributed by atoms with Crippen molar-refractivity contribution >= 4 is 0 Å². The Morgan fingerprint density at radius 3 is 2.67 bits per heavy atom. The minimum absolute atomic E-state index is 0.0389. The third-order valence-corrected chi connectivity index (χ3v) is 2.00. The highest BCUT2D eigenvalue weighted by Gasteiger charge is 2.21. The van der Waals surface area contributed by atoms with E-state index in [1.807, 2.05) is 13.8 Å². The average Bonchev–Trinajstić information content (AvgIpc) is 2.05. The van der Waals surface area contributed by atoms with Crippen molar-refractivity contribution in [2.24, 2.45) is 0 Å². The first-order valence-corrected chi connectivity index (χ1v) is 4.60. The minimum Gasteiger partial charge on any atom is -0.394 e. The van der Waals surface area contributed by atoms with E-state index in [1.165, 1.54) is 0 Å². The fourth-order valence-electron chi connectivity index (χ4n) is 1.42. The lowest BCUT2D eigenvalue weighted by Crippen LogP contribution is -2.34. The molecule has 3 nitrogen and oxygen atoms in total. The Labute approximate surface area is 73.7 Å². The molecule has 0 saturated carbocycles. The summed E-state index contributed by atoms with van der Waals surface area (Å²) in [6.45, 7) is 4.81. The number of hydrogen-bond acceptors (Lipinski definition) is 3. The van der Waals surface area contributed by atoms with Crippen LogP contribution in [0.4, 0.5) is 0 Å². The third kappa shape index (κ3) is 3.09. The molecule has 72 valence electrons.